The molecule has 1 fully saturated rings. The van der Waals surface area contributed by atoms with Crippen LogP contribution in [0.15, 0.2) is 0 Å². The number of carboxylic acids is 1. The summed E-state index contributed by atoms with van der Waals surface area (Å²) in [6.45, 7) is 11.4. The molecule has 0 spiro atoms. The monoisotopic (exact) mass is 284 g/mol. The summed E-state index contributed by atoms with van der Waals surface area (Å²) in [6.07, 6.45) is 5.40. The number of carbonyl (C=O) groups is 1. The lowest BCUT2D eigenvalue weighted by Crippen LogP contribution is -2.49. The summed E-state index contributed by atoms with van der Waals surface area (Å²) in [6, 6.07) is 0.686. The van der Waals surface area contributed by atoms with E-state index in [4.69, 9.17) is 0 Å². The van der Waals surface area contributed by atoms with Gasteiger partial charge in [0.2, 0.25) is 0 Å². The van der Waals surface area contributed by atoms with E-state index in [0.29, 0.717) is 19.0 Å². The van der Waals surface area contributed by atoms with Crippen LogP contribution in [0.3, 0.4) is 0 Å². The van der Waals surface area contributed by atoms with Crippen molar-refractivity contribution in [3.8, 4) is 0 Å². The fourth-order valence-corrected chi connectivity index (χ4v) is 3.15. The first-order valence-corrected chi connectivity index (χ1v) is 8.11. The maximum atomic E-state index is 11.3. The van der Waals surface area contributed by atoms with Gasteiger partial charge < -0.3 is 15.3 Å². The van der Waals surface area contributed by atoms with Crippen LogP contribution >= 0.6 is 0 Å². The number of aliphatic carboxylic acids is 1. The normalized spacial score (nSPS) is 27.2. The summed E-state index contributed by atoms with van der Waals surface area (Å²) in [4.78, 5) is 13.9. The standard InChI is InChI=1S/C16H32N2O2/c1-5-17-16(4,15(19)20)10-6-7-11-18-12-13(2)8-9-14(18)3/h13-14,17H,5-12H2,1-4H3,(H,19,20). The number of unbranched alkanes of at least 4 members (excludes halogenated alkanes) is 1. The van der Waals surface area contributed by atoms with Crippen LogP contribution in [0.1, 0.15) is 59.8 Å². The molecule has 4 heteroatoms. The molecule has 1 aliphatic rings. The van der Waals surface area contributed by atoms with Gasteiger partial charge in [-0.15, -0.1) is 0 Å². The lowest BCUT2D eigenvalue weighted by Gasteiger charge is -2.37. The molecule has 0 amide bonds. The van der Waals surface area contributed by atoms with Gasteiger partial charge in [0, 0.05) is 12.6 Å². The largest absolute Gasteiger partial charge is 0.480 e. The second-order valence-electron chi connectivity index (χ2n) is 6.65. The quantitative estimate of drug-likeness (QED) is 0.673. The number of nitrogens with one attached hydrogen (secondary N) is 1. The van der Waals surface area contributed by atoms with E-state index >= 15 is 0 Å². The third-order valence-electron chi connectivity index (χ3n) is 4.66. The predicted octanol–water partition coefficient (Wildman–Crippen LogP) is 2.73. The first-order valence-electron chi connectivity index (χ1n) is 8.11. The van der Waals surface area contributed by atoms with E-state index in [-0.39, 0.29) is 0 Å². The molecule has 20 heavy (non-hydrogen) atoms. The molecule has 3 atom stereocenters. The molecule has 0 aromatic carbocycles. The van der Waals surface area contributed by atoms with Crippen LogP contribution in [0.25, 0.3) is 0 Å². The third-order valence-corrected chi connectivity index (χ3v) is 4.66. The van der Waals surface area contributed by atoms with Gasteiger partial charge in [-0.3, -0.25) is 4.79 Å². The Bertz CT molecular complexity index is 309. The maximum Gasteiger partial charge on any atom is 0.323 e. The average molecular weight is 284 g/mol. The number of nitrogens with zero attached hydrogens (tertiary/aromatic N) is 1. The van der Waals surface area contributed by atoms with E-state index in [2.05, 4.69) is 24.1 Å². The lowest BCUT2D eigenvalue weighted by atomic mass is 9.93. The average Bonchev–Trinajstić information content (AvgIpc) is 2.38. The number of hydrogen-bond donors (Lipinski definition) is 2. The topological polar surface area (TPSA) is 52.6 Å². The summed E-state index contributed by atoms with van der Waals surface area (Å²) in [5.74, 6) is 0.0663. The minimum absolute atomic E-state index is 0.686. The van der Waals surface area contributed by atoms with Crippen molar-refractivity contribution in [1.82, 2.24) is 10.2 Å². The highest BCUT2D eigenvalue weighted by atomic mass is 16.4. The molecule has 4 nitrogen and oxygen atoms in total. The molecule has 118 valence electrons. The smallest absolute Gasteiger partial charge is 0.323 e. The molecule has 0 aromatic heterocycles. The number of carboxylic acid groups (broad SMARTS) is 1. The Balaban J connectivity index is 2.31. The summed E-state index contributed by atoms with van der Waals surface area (Å²) >= 11 is 0. The van der Waals surface area contributed by atoms with Gasteiger partial charge in [-0.1, -0.05) is 13.8 Å². The minimum Gasteiger partial charge on any atom is -0.480 e. The number of likely N-dealkylation sites (tertiary alicyclic amines) is 1. The van der Waals surface area contributed by atoms with Gasteiger partial charge in [0.15, 0.2) is 0 Å². The molecule has 2 N–H and O–H groups in total. The Morgan fingerprint density at radius 2 is 2.05 bits per heavy atom. The number of likely N-dealkylation sites (N-methyl/N-ethyl adjacent to an activating group) is 1. The zero-order valence-electron chi connectivity index (χ0n) is 13.6. The zero-order chi connectivity index (χ0) is 15.2. The van der Waals surface area contributed by atoms with E-state index in [1.807, 2.05) is 6.92 Å². The molecule has 1 rings (SSSR count). The van der Waals surface area contributed by atoms with Crippen molar-refractivity contribution in [2.45, 2.75) is 71.4 Å². The fraction of sp³-hybridized carbons (Fsp3) is 0.938. The van der Waals surface area contributed by atoms with E-state index in [9.17, 15) is 9.90 Å². The van der Waals surface area contributed by atoms with Crippen LogP contribution in [0.4, 0.5) is 0 Å². The van der Waals surface area contributed by atoms with Crippen LogP contribution in [0.5, 0.6) is 0 Å². The van der Waals surface area contributed by atoms with Crippen molar-refractivity contribution in [2.75, 3.05) is 19.6 Å². The van der Waals surface area contributed by atoms with Crippen molar-refractivity contribution < 1.29 is 9.90 Å². The third kappa shape index (κ3) is 5.06. The molecule has 1 saturated heterocycles. The van der Waals surface area contributed by atoms with Crippen molar-refractivity contribution in [1.29, 1.82) is 0 Å². The molecular weight excluding hydrogens is 252 g/mol. The Morgan fingerprint density at radius 1 is 1.35 bits per heavy atom. The van der Waals surface area contributed by atoms with Gasteiger partial charge in [-0.05, 0) is 65.0 Å². The number of rotatable bonds is 8. The maximum absolute atomic E-state index is 11.3. The van der Waals surface area contributed by atoms with E-state index < -0.39 is 11.5 Å². The molecule has 0 saturated carbocycles. The molecule has 0 bridgehead atoms. The summed E-state index contributed by atoms with van der Waals surface area (Å²) in [5, 5.41) is 12.4. The van der Waals surface area contributed by atoms with E-state index in [0.717, 1.165) is 25.3 Å². The van der Waals surface area contributed by atoms with Crippen LogP contribution < -0.4 is 5.32 Å². The molecule has 0 radical (unpaired) electrons. The molecule has 1 aliphatic heterocycles. The van der Waals surface area contributed by atoms with Crippen LogP contribution in [-0.2, 0) is 4.79 Å². The highest BCUT2D eigenvalue weighted by Crippen LogP contribution is 2.22. The Hall–Kier alpha value is -0.610. The lowest BCUT2D eigenvalue weighted by molar-refractivity contribution is -0.144. The predicted molar refractivity (Wildman–Crippen MR) is 83.0 cm³/mol. The highest BCUT2D eigenvalue weighted by molar-refractivity contribution is 5.78. The summed E-state index contributed by atoms with van der Waals surface area (Å²) in [7, 11) is 0. The van der Waals surface area contributed by atoms with Gasteiger partial charge in [0.05, 0.1) is 0 Å². The van der Waals surface area contributed by atoms with Crippen LogP contribution in [0.2, 0.25) is 0 Å². The van der Waals surface area contributed by atoms with Gasteiger partial charge >= 0.3 is 5.97 Å². The van der Waals surface area contributed by atoms with E-state index in [1.54, 1.807) is 6.92 Å². The zero-order valence-corrected chi connectivity index (χ0v) is 13.6. The molecule has 1 heterocycles. The summed E-state index contributed by atoms with van der Waals surface area (Å²) in [5.41, 5.74) is -0.768. The summed E-state index contributed by atoms with van der Waals surface area (Å²) < 4.78 is 0. The number of hydrogen-bond acceptors (Lipinski definition) is 3. The van der Waals surface area contributed by atoms with Crippen molar-refractivity contribution in [3.63, 3.8) is 0 Å². The van der Waals surface area contributed by atoms with Crippen LogP contribution in [-0.4, -0.2) is 47.2 Å². The Labute approximate surface area is 123 Å². The van der Waals surface area contributed by atoms with Crippen LogP contribution in [0, 0.1) is 5.92 Å². The van der Waals surface area contributed by atoms with Gasteiger partial charge in [-0.25, -0.2) is 0 Å². The van der Waals surface area contributed by atoms with Gasteiger partial charge in [-0.2, -0.15) is 0 Å². The Kier molecular flexibility index (Phi) is 6.96. The van der Waals surface area contributed by atoms with Gasteiger partial charge in [0.1, 0.15) is 5.54 Å². The van der Waals surface area contributed by atoms with E-state index in [1.165, 1.54) is 19.4 Å². The molecule has 3 unspecified atom stereocenters. The molecule has 0 aromatic rings. The second kappa shape index (κ2) is 7.99. The first-order chi connectivity index (χ1) is 9.39. The van der Waals surface area contributed by atoms with Gasteiger partial charge in [0.25, 0.3) is 0 Å². The highest BCUT2D eigenvalue weighted by Gasteiger charge is 2.31. The first kappa shape index (κ1) is 17.4. The molecular formula is C16H32N2O2. The Morgan fingerprint density at radius 3 is 2.65 bits per heavy atom. The van der Waals surface area contributed by atoms with Crippen molar-refractivity contribution in [3.05, 3.63) is 0 Å². The fourth-order valence-electron chi connectivity index (χ4n) is 3.15. The SMILES string of the molecule is CCNC(C)(CCCCN1CC(C)CCC1C)C(=O)O. The molecule has 0 aliphatic carbocycles. The number of piperidine rings is 1. The van der Waals surface area contributed by atoms with Crippen molar-refractivity contribution in [2.24, 2.45) is 5.92 Å². The second-order valence-corrected chi connectivity index (χ2v) is 6.65. The van der Waals surface area contributed by atoms with Crippen molar-refractivity contribution >= 4 is 5.97 Å². The minimum atomic E-state index is -0.768.